The van der Waals surface area contributed by atoms with Crippen LogP contribution in [0.4, 0.5) is 0 Å². The first kappa shape index (κ1) is 105. The van der Waals surface area contributed by atoms with Crippen LogP contribution in [0.5, 0.6) is 0 Å². The van der Waals surface area contributed by atoms with Crippen molar-refractivity contribution in [3.63, 3.8) is 0 Å². The molecule has 18 aromatic rings. The molecule has 6 aromatic heterocycles. The molecular formula is C119H112O23S2. The van der Waals surface area contributed by atoms with Crippen LogP contribution >= 0.6 is 23.5 Å². The van der Waals surface area contributed by atoms with Crippen LogP contribution in [0.15, 0.2) is 311 Å². The van der Waals surface area contributed by atoms with E-state index in [0.29, 0.717) is 168 Å². The first-order valence-electron chi connectivity index (χ1n) is 46.5. The van der Waals surface area contributed by atoms with Crippen molar-refractivity contribution in [1.82, 2.24) is 0 Å². The number of para-hydroxylation sites is 6. The molecule has 23 nitrogen and oxygen atoms in total. The van der Waals surface area contributed by atoms with E-state index >= 15 is 0 Å². The minimum absolute atomic E-state index is 0.00410. The van der Waals surface area contributed by atoms with Gasteiger partial charge in [0.15, 0.2) is 5.12 Å². The molecule has 6 N–H and O–H groups in total. The summed E-state index contributed by atoms with van der Waals surface area (Å²) in [6.07, 6.45) is 6.59. The summed E-state index contributed by atoms with van der Waals surface area (Å²) >= 11 is 2.96. The number of esters is 1. The van der Waals surface area contributed by atoms with Crippen LogP contribution in [-0.2, 0) is 99.9 Å². The number of thioether (sulfide) groups is 2. The monoisotopic (exact) mass is 1970 g/mol. The van der Waals surface area contributed by atoms with Crippen molar-refractivity contribution in [2.45, 2.75) is 158 Å². The van der Waals surface area contributed by atoms with Crippen molar-refractivity contribution in [1.29, 1.82) is 0 Å². The number of aryl methyl sites for hydroxylation is 8. The summed E-state index contributed by atoms with van der Waals surface area (Å²) in [5, 5.41) is 63.4. The van der Waals surface area contributed by atoms with Gasteiger partial charge in [-0.15, -0.1) is 0 Å². The second-order valence-corrected chi connectivity index (χ2v) is 37.6. The van der Waals surface area contributed by atoms with Crippen molar-refractivity contribution in [3.8, 4) is 0 Å². The van der Waals surface area contributed by atoms with E-state index in [1.54, 1.807) is 129 Å². The summed E-state index contributed by atoms with van der Waals surface area (Å²) in [5.74, 6) is 1.32. The first-order chi connectivity index (χ1) is 68.7. The van der Waals surface area contributed by atoms with Gasteiger partial charge in [-0.3, -0.25) is 38.4 Å². The van der Waals surface area contributed by atoms with E-state index in [1.807, 2.05) is 127 Å². The summed E-state index contributed by atoms with van der Waals surface area (Å²) in [6, 6.07) is 54.2. The smallest absolute Gasteiger partial charge is 0.302 e. The zero-order chi connectivity index (χ0) is 104. The van der Waals surface area contributed by atoms with E-state index in [4.69, 9.17) is 36.0 Å². The predicted molar refractivity (Wildman–Crippen MR) is 580 cm³/mol. The minimum Gasteiger partial charge on any atom is -0.513 e. The van der Waals surface area contributed by atoms with Crippen LogP contribution in [-0.4, -0.2) is 60.9 Å². The molecule has 18 rings (SSSR count). The third-order valence-electron chi connectivity index (χ3n) is 24.9. The predicted octanol–water partition coefficient (Wildman–Crippen LogP) is 26.5. The van der Waals surface area contributed by atoms with Gasteiger partial charge >= 0.3 is 5.97 Å². The second kappa shape index (κ2) is 46.3. The number of ketones is 1. The minimum atomic E-state index is -0.372. The lowest BCUT2D eigenvalue weighted by molar-refractivity contribution is -0.142. The van der Waals surface area contributed by atoms with E-state index in [-0.39, 0.29) is 129 Å². The molecule has 738 valence electrons. The molecule has 0 amide bonds. The standard InChI is InChI=1S/C21H20O4.C20H18O5.C20H18O4S.C20H20O3.C19H18O4.C19H18O3S/c1-12(22)7-8-15-9-10-18-19(24)17-6-4-5-16(11-13(2)23)21(17)25-20(18)14(15)3;1-11(21)9-14-5-4-6-16-18(23)17-8-7-15(10-24-13(3)22)12(2)19(17)25-20(14)16;1-11(21)9-14-5-4-6-16-18(23)17-8-7-15(10-25-13(3)22)12(2)19(17)24-20(14)16;1-4-6-14-9-10-17-18(22)16-8-5-7-15(11-12(2)21)20(16)23-19(17)13(14)3;1-11(20)9-13-5-4-6-15-17(21)16-8-7-14(10-22-3)12(2)18(16)23-19(13)15;1-11(20)9-13-5-4-6-15-17(21)16-8-7-14(10-23-3)12(2)18(16)22-19(13)15/h4-6,9-10,23H,2,7-8,11H2,1,3H3;2*4-8,21H,1,9-10H2,2-3H3;5,7-10,21H,2,4,6,11H2,1,3H3;2*4-8,20H,1,9-10H2,2-3H3. The zero-order valence-electron chi connectivity index (χ0n) is 82.4. The second-order valence-electron chi connectivity index (χ2n) is 35.5. The lowest BCUT2D eigenvalue weighted by Gasteiger charge is -2.11. The lowest BCUT2D eigenvalue weighted by atomic mass is 9.98. The SMILES string of the molecule is C=C(O)Cc1cccc2c(=O)c3ccc(CCC(C)=O)c(C)c3oc12.C=C(O)Cc1cccc2c(=O)c3ccc(CCC)c(C)c3oc12.C=C(O)Cc1cccc2c(=O)c3ccc(COC(C)=O)c(C)c3oc12.C=C(O)Cc1cccc2c(=O)c3ccc(COC)c(C)c3oc12.C=C(O)Cc1cccc2c(=O)c3ccc(CSC(C)=O)c(C)c3oc12.C=C(O)Cc1cccc2c(=O)c3ccc(CSC)c(C)c3oc12. The van der Waals surface area contributed by atoms with E-state index in [9.17, 15) is 73.8 Å². The Labute approximate surface area is 836 Å². The Kier molecular flexibility index (Phi) is 33.9. The van der Waals surface area contributed by atoms with E-state index in [0.717, 1.165) is 102 Å². The summed E-state index contributed by atoms with van der Waals surface area (Å²) in [4.78, 5) is 110. The number of methoxy groups -OCH3 is 1. The van der Waals surface area contributed by atoms with E-state index in [2.05, 4.69) is 46.4 Å². The number of allylic oxidation sites excluding steroid dienone is 6. The number of benzene rings is 12. The highest BCUT2D eigenvalue weighted by Crippen LogP contribution is 2.37. The Morgan fingerprint density at radius 3 is 0.743 bits per heavy atom. The molecule has 0 unspecified atom stereocenters. The molecule has 0 bridgehead atoms. The van der Waals surface area contributed by atoms with Gasteiger partial charge in [-0.25, -0.2) is 0 Å². The average molecular weight is 1970 g/mol. The normalized spacial score (nSPS) is 11.1. The average Bonchev–Trinajstić information content (AvgIpc) is 0.780. The molecule has 25 heteroatoms. The fourth-order valence-corrected chi connectivity index (χ4v) is 18.9. The maximum atomic E-state index is 12.9. The topological polar surface area (TPSA) is 372 Å². The van der Waals surface area contributed by atoms with Gasteiger partial charge in [0.25, 0.3) is 0 Å². The Morgan fingerprint density at radius 2 is 0.514 bits per heavy atom. The quantitative estimate of drug-likeness (QED) is 0.0176. The highest BCUT2D eigenvalue weighted by molar-refractivity contribution is 8.12. The van der Waals surface area contributed by atoms with E-state index < -0.39 is 0 Å². The maximum Gasteiger partial charge on any atom is 0.302 e. The number of Topliss-reactive ketones (excluding diaryl/α,β-unsaturated/α-hetero) is 1. The molecule has 0 fully saturated rings. The molecule has 0 aliphatic heterocycles. The fourth-order valence-electron chi connectivity index (χ4n) is 17.6. The molecule has 0 saturated carbocycles. The Balaban J connectivity index is 0.000000145. The van der Waals surface area contributed by atoms with Gasteiger partial charge in [0, 0.05) is 111 Å². The van der Waals surface area contributed by atoms with Crippen LogP contribution < -0.4 is 32.6 Å². The Hall–Kier alpha value is -15.8. The van der Waals surface area contributed by atoms with Gasteiger partial charge in [-0.1, -0.05) is 174 Å². The zero-order valence-corrected chi connectivity index (χ0v) is 84.0. The highest BCUT2D eigenvalue weighted by atomic mass is 32.2. The summed E-state index contributed by atoms with van der Waals surface area (Å²) in [6.45, 7) is 39.8. The number of hydrogen-bond donors (Lipinski definition) is 6. The van der Waals surface area contributed by atoms with Crippen molar-refractivity contribution < 1.29 is 81.0 Å². The molecule has 0 aliphatic carbocycles. The van der Waals surface area contributed by atoms with Crippen molar-refractivity contribution in [2.75, 3.05) is 13.4 Å². The van der Waals surface area contributed by atoms with Gasteiger partial charge in [0.05, 0.1) is 106 Å². The molecule has 12 aromatic carbocycles. The maximum absolute atomic E-state index is 12.9. The van der Waals surface area contributed by atoms with Gasteiger partial charge < -0.3 is 71.4 Å². The summed E-state index contributed by atoms with van der Waals surface area (Å²) in [7, 11) is 1.63. The number of aliphatic hydroxyl groups is 6. The molecule has 0 atom stereocenters. The number of carbonyl (C=O) groups excluding carboxylic acids is 3. The number of ether oxygens (including phenoxy) is 2. The van der Waals surface area contributed by atoms with Crippen molar-refractivity contribution in [3.05, 3.63) is 418 Å². The van der Waals surface area contributed by atoms with E-state index in [1.165, 1.54) is 31.2 Å². The lowest BCUT2D eigenvalue weighted by Crippen LogP contribution is -2.06. The van der Waals surface area contributed by atoms with Gasteiger partial charge in [0.2, 0.25) is 32.6 Å². The third-order valence-corrected chi connectivity index (χ3v) is 26.4. The van der Waals surface area contributed by atoms with Gasteiger partial charge in [-0.05, 0) is 207 Å². The summed E-state index contributed by atoms with van der Waals surface area (Å²) in [5.41, 5.74) is 21.7. The van der Waals surface area contributed by atoms with Crippen LogP contribution in [0.2, 0.25) is 0 Å². The third kappa shape index (κ3) is 23.5. The molecule has 0 saturated heterocycles. The molecule has 0 aliphatic rings. The van der Waals surface area contributed by atoms with Crippen LogP contribution in [0, 0.1) is 41.5 Å². The molecule has 144 heavy (non-hydrogen) atoms. The van der Waals surface area contributed by atoms with Crippen molar-refractivity contribution in [2.24, 2.45) is 0 Å². The van der Waals surface area contributed by atoms with Crippen molar-refractivity contribution >= 4 is 172 Å². The number of fused-ring (bicyclic) bond motifs is 12. The molecule has 6 heterocycles. The van der Waals surface area contributed by atoms with Crippen LogP contribution in [0.3, 0.4) is 0 Å². The molecule has 0 spiro atoms. The van der Waals surface area contributed by atoms with Crippen LogP contribution in [0.1, 0.15) is 141 Å². The van der Waals surface area contributed by atoms with Crippen LogP contribution in [0.25, 0.3) is 132 Å². The first-order valence-corrected chi connectivity index (χ1v) is 48.9. The largest absolute Gasteiger partial charge is 0.513 e. The highest BCUT2D eigenvalue weighted by Gasteiger charge is 2.24. The van der Waals surface area contributed by atoms with Gasteiger partial charge in [0.1, 0.15) is 79.4 Å². The number of aliphatic hydroxyl groups excluding tert-OH is 6. The number of rotatable bonds is 25. The van der Waals surface area contributed by atoms with Gasteiger partial charge in [-0.2, -0.15) is 11.8 Å². The Bertz CT molecular complexity index is 7880. The molecular weight excluding hydrogens is 1860 g/mol. The summed E-state index contributed by atoms with van der Waals surface area (Å²) < 4.78 is 46.8. The fraction of sp³-hybridized carbons (Fsp3) is 0.218. The Morgan fingerprint density at radius 1 is 0.292 bits per heavy atom. The number of hydrogen-bond acceptors (Lipinski definition) is 25. The number of carbonyl (C=O) groups is 3. The molecule has 0 radical (unpaired) electrons.